The van der Waals surface area contributed by atoms with Gasteiger partial charge >= 0.3 is 18.2 Å². The summed E-state index contributed by atoms with van der Waals surface area (Å²) in [5, 5.41) is 21.1. The zero-order valence-electron chi connectivity index (χ0n) is 8.75. The van der Waals surface area contributed by atoms with Gasteiger partial charge in [-0.1, -0.05) is 0 Å². The summed E-state index contributed by atoms with van der Waals surface area (Å²) in [7, 11) is 0. The molecule has 0 spiro atoms. The highest BCUT2D eigenvalue weighted by atomic mass is 19.4. The van der Waals surface area contributed by atoms with Gasteiger partial charge in [0.2, 0.25) is 0 Å². The fourth-order valence-corrected chi connectivity index (χ4v) is 0.830. The lowest BCUT2D eigenvalue weighted by molar-refractivity contribution is -0.146. The number of hydrogen-bond acceptors (Lipinski definition) is 3. The SMILES string of the molecule is O=C(NCCCC(F)(F)F)NCC(O)C(=O)O. The normalized spacial score (nSPS) is 12.9. The van der Waals surface area contributed by atoms with E-state index in [1.165, 1.54) is 0 Å². The van der Waals surface area contributed by atoms with Crippen molar-refractivity contribution in [2.45, 2.75) is 25.1 Å². The first-order valence-electron chi connectivity index (χ1n) is 4.71. The highest BCUT2D eigenvalue weighted by Gasteiger charge is 2.25. The number of aliphatic hydroxyl groups excluding tert-OH is 1. The summed E-state index contributed by atoms with van der Waals surface area (Å²) in [5.41, 5.74) is 0. The second kappa shape index (κ2) is 6.94. The zero-order chi connectivity index (χ0) is 13.5. The van der Waals surface area contributed by atoms with Crippen LogP contribution in [0.25, 0.3) is 0 Å². The Hall–Kier alpha value is -1.51. The Labute approximate surface area is 94.8 Å². The molecule has 0 aliphatic carbocycles. The van der Waals surface area contributed by atoms with Gasteiger partial charge in [0.1, 0.15) is 0 Å². The number of nitrogens with one attached hydrogen (secondary N) is 2. The number of aliphatic carboxylic acids is 1. The number of rotatable bonds is 6. The first kappa shape index (κ1) is 15.5. The van der Waals surface area contributed by atoms with Crippen molar-refractivity contribution in [3.63, 3.8) is 0 Å². The minimum atomic E-state index is -4.27. The highest BCUT2D eigenvalue weighted by molar-refractivity contribution is 5.76. The fraction of sp³-hybridized carbons (Fsp3) is 0.750. The van der Waals surface area contributed by atoms with Crippen LogP contribution in [-0.2, 0) is 4.79 Å². The van der Waals surface area contributed by atoms with Crippen molar-refractivity contribution in [2.75, 3.05) is 13.1 Å². The number of carbonyl (C=O) groups excluding carboxylic acids is 1. The molecule has 0 aliphatic rings. The number of aliphatic hydroxyl groups is 1. The van der Waals surface area contributed by atoms with E-state index in [1.54, 1.807) is 0 Å². The van der Waals surface area contributed by atoms with Crippen molar-refractivity contribution in [3.8, 4) is 0 Å². The molecular weight excluding hydrogens is 245 g/mol. The summed E-state index contributed by atoms with van der Waals surface area (Å²) in [4.78, 5) is 21.0. The van der Waals surface area contributed by atoms with Crippen molar-refractivity contribution >= 4 is 12.0 Å². The molecule has 0 saturated heterocycles. The smallest absolute Gasteiger partial charge is 0.389 e. The predicted octanol–water partition coefficient (Wildman–Crippen LogP) is 0.0736. The van der Waals surface area contributed by atoms with E-state index in [0.29, 0.717) is 0 Å². The molecule has 2 amide bonds. The number of carbonyl (C=O) groups is 2. The first-order valence-corrected chi connectivity index (χ1v) is 4.71. The number of urea groups is 1. The number of amides is 2. The Kier molecular flexibility index (Phi) is 6.33. The molecule has 100 valence electrons. The van der Waals surface area contributed by atoms with Gasteiger partial charge in [-0.2, -0.15) is 13.2 Å². The summed E-state index contributed by atoms with van der Waals surface area (Å²) in [6.45, 7) is -0.699. The quantitative estimate of drug-likeness (QED) is 0.507. The van der Waals surface area contributed by atoms with E-state index < -0.39 is 37.2 Å². The molecule has 9 heteroatoms. The molecule has 17 heavy (non-hydrogen) atoms. The Balaban J connectivity index is 3.57. The molecule has 1 atom stereocenters. The molecule has 0 aliphatic heterocycles. The lowest BCUT2D eigenvalue weighted by Gasteiger charge is -2.10. The van der Waals surface area contributed by atoms with Crippen LogP contribution in [0.3, 0.4) is 0 Å². The van der Waals surface area contributed by atoms with Crippen molar-refractivity contribution in [2.24, 2.45) is 0 Å². The van der Waals surface area contributed by atoms with Crippen LogP contribution in [-0.4, -0.2) is 47.6 Å². The molecular formula is C8H13F3N2O4. The Morgan fingerprint density at radius 3 is 2.29 bits per heavy atom. The number of alkyl halides is 3. The van der Waals surface area contributed by atoms with Crippen LogP contribution in [0.4, 0.5) is 18.0 Å². The van der Waals surface area contributed by atoms with Gasteiger partial charge in [-0.05, 0) is 6.42 Å². The van der Waals surface area contributed by atoms with Gasteiger partial charge in [-0.3, -0.25) is 0 Å². The van der Waals surface area contributed by atoms with Crippen LogP contribution in [0, 0.1) is 0 Å². The maximum atomic E-state index is 11.7. The Morgan fingerprint density at radius 2 is 1.82 bits per heavy atom. The van der Waals surface area contributed by atoms with Crippen molar-refractivity contribution in [1.29, 1.82) is 0 Å². The third-order valence-corrected chi connectivity index (χ3v) is 1.66. The average molecular weight is 258 g/mol. The van der Waals surface area contributed by atoms with Gasteiger partial charge in [-0.25, -0.2) is 9.59 Å². The second-order valence-electron chi connectivity index (χ2n) is 3.21. The molecule has 0 aromatic heterocycles. The van der Waals surface area contributed by atoms with Crippen molar-refractivity contribution in [3.05, 3.63) is 0 Å². The zero-order valence-corrected chi connectivity index (χ0v) is 8.75. The molecule has 0 bridgehead atoms. The largest absolute Gasteiger partial charge is 0.479 e. The van der Waals surface area contributed by atoms with Gasteiger partial charge in [0.05, 0.1) is 6.54 Å². The van der Waals surface area contributed by atoms with Crippen molar-refractivity contribution < 1.29 is 33.0 Å². The minimum absolute atomic E-state index is 0.186. The van der Waals surface area contributed by atoms with Crippen LogP contribution in [0.1, 0.15) is 12.8 Å². The summed E-state index contributed by atoms with van der Waals surface area (Å²) < 4.78 is 35.1. The molecule has 0 aromatic rings. The van der Waals surface area contributed by atoms with E-state index in [0.717, 1.165) is 0 Å². The molecule has 0 saturated carbocycles. The summed E-state index contributed by atoms with van der Waals surface area (Å²) in [6, 6.07) is -0.826. The van der Waals surface area contributed by atoms with E-state index in [4.69, 9.17) is 10.2 Å². The monoisotopic (exact) mass is 258 g/mol. The molecule has 0 rings (SSSR count). The maximum absolute atomic E-state index is 11.7. The lowest BCUT2D eigenvalue weighted by Crippen LogP contribution is -2.42. The predicted molar refractivity (Wildman–Crippen MR) is 50.3 cm³/mol. The van der Waals surface area contributed by atoms with Gasteiger partial charge in [0, 0.05) is 13.0 Å². The molecule has 0 heterocycles. The molecule has 0 aromatic carbocycles. The van der Waals surface area contributed by atoms with Crippen LogP contribution in [0.2, 0.25) is 0 Å². The van der Waals surface area contributed by atoms with Gasteiger partial charge in [0.15, 0.2) is 6.10 Å². The van der Waals surface area contributed by atoms with E-state index in [9.17, 15) is 22.8 Å². The fourth-order valence-electron chi connectivity index (χ4n) is 0.830. The van der Waals surface area contributed by atoms with Gasteiger partial charge in [0.25, 0.3) is 0 Å². The number of hydrogen-bond donors (Lipinski definition) is 4. The van der Waals surface area contributed by atoms with E-state index in [-0.39, 0.29) is 13.0 Å². The number of carboxylic acid groups (broad SMARTS) is 1. The second-order valence-corrected chi connectivity index (χ2v) is 3.21. The number of halogens is 3. The topological polar surface area (TPSA) is 98.7 Å². The Morgan fingerprint density at radius 1 is 1.24 bits per heavy atom. The molecule has 4 N–H and O–H groups in total. The summed E-state index contributed by atoms with van der Waals surface area (Å²) in [6.07, 6.45) is -7.28. The van der Waals surface area contributed by atoms with Crippen LogP contribution < -0.4 is 10.6 Å². The van der Waals surface area contributed by atoms with Crippen LogP contribution in [0.5, 0.6) is 0 Å². The standard InChI is InChI=1S/C8H13F3N2O4/c9-8(10,11)2-1-3-12-7(17)13-4-5(14)6(15)16/h5,14H,1-4H2,(H,15,16)(H2,12,13,17). The molecule has 0 radical (unpaired) electrons. The Bertz CT molecular complexity index is 270. The molecule has 0 fully saturated rings. The molecule has 6 nitrogen and oxygen atoms in total. The average Bonchev–Trinajstić information content (AvgIpc) is 2.19. The van der Waals surface area contributed by atoms with Crippen LogP contribution in [0.15, 0.2) is 0 Å². The van der Waals surface area contributed by atoms with Crippen molar-refractivity contribution in [1.82, 2.24) is 10.6 Å². The van der Waals surface area contributed by atoms with E-state index in [1.807, 2.05) is 5.32 Å². The third kappa shape index (κ3) is 9.42. The maximum Gasteiger partial charge on any atom is 0.389 e. The number of carboxylic acids is 1. The lowest BCUT2D eigenvalue weighted by atomic mass is 10.3. The summed E-state index contributed by atoms with van der Waals surface area (Å²) >= 11 is 0. The minimum Gasteiger partial charge on any atom is -0.479 e. The third-order valence-electron chi connectivity index (χ3n) is 1.66. The highest BCUT2D eigenvalue weighted by Crippen LogP contribution is 2.20. The van der Waals surface area contributed by atoms with E-state index in [2.05, 4.69) is 5.32 Å². The van der Waals surface area contributed by atoms with Gasteiger partial charge in [-0.15, -0.1) is 0 Å². The molecule has 1 unspecified atom stereocenters. The van der Waals surface area contributed by atoms with Gasteiger partial charge < -0.3 is 20.8 Å². The first-order chi connectivity index (χ1) is 7.72. The van der Waals surface area contributed by atoms with E-state index >= 15 is 0 Å². The van der Waals surface area contributed by atoms with Crippen LogP contribution >= 0.6 is 0 Å². The summed E-state index contributed by atoms with van der Waals surface area (Å²) in [5.74, 6) is -1.50.